The Morgan fingerprint density at radius 2 is 1.78 bits per heavy atom. The predicted molar refractivity (Wildman–Crippen MR) is 87.5 cm³/mol. The quantitative estimate of drug-likeness (QED) is 0.661. The molecule has 0 heterocycles. The van der Waals surface area contributed by atoms with E-state index in [0.717, 1.165) is 31.7 Å². The van der Waals surface area contributed by atoms with Crippen LogP contribution in [0, 0.1) is 5.82 Å². The highest BCUT2D eigenvalue weighted by Gasteiger charge is 2.30. The van der Waals surface area contributed by atoms with E-state index in [-0.39, 0.29) is 23.5 Å². The van der Waals surface area contributed by atoms with Gasteiger partial charge in [0.05, 0.1) is 19.8 Å². The monoisotopic (exact) mass is 326 g/mol. The molecule has 1 aromatic carbocycles. The Morgan fingerprint density at radius 1 is 1.17 bits per heavy atom. The molecule has 5 heteroatoms. The van der Waals surface area contributed by atoms with E-state index in [0.29, 0.717) is 12.2 Å². The number of ketones is 1. The van der Waals surface area contributed by atoms with Gasteiger partial charge in [-0.3, -0.25) is 4.79 Å². The molecule has 0 aliphatic rings. The number of aliphatic hydroxyl groups is 1. The van der Waals surface area contributed by atoms with Crippen molar-refractivity contribution < 1.29 is 23.8 Å². The number of ether oxygens (including phenoxy) is 2. The van der Waals surface area contributed by atoms with Gasteiger partial charge in [0.1, 0.15) is 11.6 Å². The third-order valence-electron chi connectivity index (χ3n) is 3.90. The molecule has 4 nitrogen and oxygen atoms in total. The smallest absolute Gasteiger partial charge is 0.163 e. The van der Waals surface area contributed by atoms with E-state index in [9.17, 15) is 14.3 Å². The van der Waals surface area contributed by atoms with Gasteiger partial charge in [-0.1, -0.05) is 26.2 Å². The molecule has 0 aromatic heterocycles. The molecule has 0 aliphatic heterocycles. The molecule has 0 aliphatic carbocycles. The molecule has 0 saturated carbocycles. The summed E-state index contributed by atoms with van der Waals surface area (Å²) in [7, 11) is 2.85. The molecule has 0 spiro atoms. The number of halogens is 1. The van der Waals surface area contributed by atoms with Crippen molar-refractivity contribution in [1.29, 1.82) is 0 Å². The fraction of sp³-hybridized carbons (Fsp3) is 0.611. The molecule has 0 fully saturated rings. The molecule has 23 heavy (non-hydrogen) atoms. The van der Waals surface area contributed by atoms with Crippen molar-refractivity contribution in [3.8, 4) is 11.5 Å². The Kier molecular flexibility index (Phi) is 7.49. The van der Waals surface area contributed by atoms with Crippen LogP contribution in [0.2, 0.25) is 0 Å². The molecular formula is C18H27FO4. The van der Waals surface area contributed by atoms with Crippen LogP contribution in [0.4, 0.5) is 4.39 Å². The van der Waals surface area contributed by atoms with Crippen LogP contribution in [0.3, 0.4) is 0 Å². The van der Waals surface area contributed by atoms with Gasteiger partial charge in [0.15, 0.2) is 11.5 Å². The zero-order valence-electron chi connectivity index (χ0n) is 14.4. The third-order valence-corrected chi connectivity index (χ3v) is 3.90. The molecular weight excluding hydrogens is 299 g/mol. The van der Waals surface area contributed by atoms with Crippen LogP contribution in [0.25, 0.3) is 0 Å². The van der Waals surface area contributed by atoms with Gasteiger partial charge < -0.3 is 14.6 Å². The Bertz CT molecular complexity index is 526. The molecule has 1 unspecified atom stereocenters. The van der Waals surface area contributed by atoms with Crippen molar-refractivity contribution in [2.75, 3.05) is 14.2 Å². The Labute approximate surface area is 137 Å². The summed E-state index contributed by atoms with van der Waals surface area (Å²) in [5, 5.41) is 10.6. The SMILES string of the molecule is CCCCCCC(=O)CC(C)(O)c1cc(OC)c(OC)cc1F. The van der Waals surface area contributed by atoms with Gasteiger partial charge in [0.25, 0.3) is 0 Å². The maximum Gasteiger partial charge on any atom is 0.163 e. The van der Waals surface area contributed by atoms with Crippen LogP contribution in [-0.4, -0.2) is 25.1 Å². The largest absolute Gasteiger partial charge is 0.493 e. The summed E-state index contributed by atoms with van der Waals surface area (Å²) in [6, 6.07) is 2.55. The van der Waals surface area contributed by atoms with Crippen LogP contribution in [0.5, 0.6) is 11.5 Å². The third kappa shape index (κ3) is 5.50. The summed E-state index contributed by atoms with van der Waals surface area (Å²) in [5.41, 5.74) is -1.54. The Morgan fingerprint density at radius 3 is 2.35 bits per heavy atom. The number of hydrogen-bond acceptors (Lipinski definition) is 4. The van der Waals surface area contributed by atoms with E-state index < -0.39 is 11.4 Å². The van der Waals surface area contributed by atoms with Crippen molar-refractivity contribution in [3.05, 3.63) is 23.5 Å². The Balaban J connectivity index is 2.84. The number of Topliss-reactive ketones (excluding diaryl/α,β-unsaturated/α-hetero) is 1. The average Bonchev–Trinajstić information content (AvgIpc) is 2.50. The molecule has 1 N–H and O–H groups in total. The highest BCUT2D eigenvalue weighted by atomic mass is 19.1. The van der Waals surface area contributed by atoms with Gasteiger partial charge in [-0.15, -0.1) is 0 Å². The molecule has 0 saturated heterocycles. The number of methoxy groups -OCH3 is 2. The Hall–Kier alpha value is -1.62. The molecule has 130 valence electrons. The summed E-state index contributed by atoms with van der Waals surface area (Å²) < 4.78 is 24.4. The van der Waals surface area contributed by atoms with Gasteiger partial charge in [-0.2, -0.15) is 0 Å². The topological polar surface area (TPSA) is 55.8 Å². The predicted octanol–water partition coefficient (Wildman–Crippen LogP) is 3.98. The molecule has 0 radical (unpaired) electrons. The zero-order valence-corrected chi connectivity index (χ0v) is 14.4. The minimum Gasteiger partial charge on any atom is -0.493 e. The standard InChI is InChI=1S/C18H27FO4/c1-5-6-7-8-9-13(20)12-18(2,21)14-10-16(22-3)17(23-4)11-15(14)19/h10-11,21H,5-9,12H2,1-4H3. The first-order valence-electron chi connectivity index (χ1n) is 8.01. The second-order valence-corrected chi connectivity index (χ2v) is 5.99. The lowest BCUT2D eigenvalue weighted by Crippen LogP contribution is -2.26. The summed E-state index contributed by atoms with van der Waals surface area (Å²) in [6.45, 7) is 3.55. The zero-order chi connectivity index (χ0) is 17.5. The number of carbonyl (C=O) groups excluding carboxylic acids is 1. The lowest BCUT2D eigenvalue weighted by atomic mass is 9.88. The second-order valence-electron chi connectivity index (χ2n) is 5.99. The van der Waals surface area contributed by atoms with Gasteiger partial charge in [-0.05, 0) is 19.4 Å². The van der Waals surface area contributed by atoms with Crippen molar-refractivity contribution in [2.45, 2.75) is 58.0 Å². The molecule has 0 bridgehead atoms. The first-order valence-corrected chi connectivity index (χ1v) is 8.01. The summed E-state index contributed by atoms with van der Waals surface area (Å²) >= 11 is 0. The van der Waals surface area contributed by atoms with Crippen molar-refractivity contribution >= 4 is 5.78 Å². The van der Waals surface area contributed by atoms with Crippen LogP contribution >= 0.6 is 0 Å². The lowest BCUT2D eigenvalue weighted by molar-refractivity contribution is -0.123. The maximum absolute atomic E-state index is 14.2. The van der Waals surface area contributed by atoms with E-state index in [4.69, 9.17) is 9.47 Å². The van der Waals surface area contributed by atoms with Crippen LogP contribution in [-0.2, 0) is 10.4 Å². The number of hydrogen-bond donors (Lipinski definition) is 1. The normalized spacial score (nSPS) is 13.5. The van der Waals surface area contributed by atoms with Gasteiger partial charge in [0, 0.05) is 24.5 Å². The van der Waals surface area contributed by atoms with E-state index in [1.54, 1.807) is 0 Å². The second kappa shape index (κ2) is 8.87. The van der Waals surface area contributed by atoms with E-state index in [1.807, 2.05) is 0 Å². The summed E-state index contributed by atoms with van der Waals surface area (Å²) in [5.74, 6) is -0.123. The highest BCUT2D eigenvalue weighted by Crippen LogP contribution is 2.36. The van der Waals surface area contributed by atoms with Gasteiger partial charge in [0.2, 0.25) is 0 Å². The lowest BCUT2D eigenvalue weighted by Gasteiger charge is -2.24. The summed E-state index contributed by atoms with van der Waals surface area (Å²) in [4.78, 5) is 12.0. The summed E-state index contributed by atoms with van der Waals surface area (Å²) in [6.07, 6.45) is 4.28. The van der Waals surface area contributed by atoms with Crippen LogP contribution in [0.15, 0.2) is 12.1 Å². The molecule has 0 amide bonds. The minimum atomic E-state index is -1.58. The van der Waals surface area contributed by atoms with E-state index in [1.165, 1.54) is 27.2 Å². The number of benzene rings is 1. The fourth-order valence-corrected chi connectivity index (χ4v) is 2.58. The number of carbonyl (C=O) groups is 1. The highest BCUT2D eigenvalue weighted by molar-refractivity contribution is 5.79. The van der Waals surface area contributed by atoms with Crippen molar-refractivity contribution in [2.24, 2.45) is 0 Å². The number of rotatable bonds is 10. The van der Waals surface area contributed by atoms with Crippen molar-refractivity contribution in [1.82, 2.24) is 0 Å². The first kappa shape index (κ1) is 19.4. The maximum atomic E-state index is 14.2. The average molecular weight is 326 g/mol. The van der Waals surface area contributed by atoms with E-state index in [2.05, 4.69) is 6.92 Å². The molecule has 1 rings (SSSR count). The van der Waals surface area contributed by atoms with E-state index >= 15 is 0 Å². The first-order chi connectivity index (χ1) is 10.9. The fourth-order valence-electron chi connectivity index (χ4n) is 2.58. The van der Waals surface area contributed by atoms with Crippen LogP contribution in [0.1, 0.15) is 57.9 Å². The van der Waals surface area contributed by atoms with Crippen molar-refractivity contribution in [3.63, 3.8) is 0 Å². The number of unbranched alkanes of at least 4 members (excludes halogenated alkanes) is 3. The van der Waals surface area contributed by atoms with Crippen LogP contribution < -0.4 is 9.47 Å². The molecule has 1 atom stereocenters. The molecule has 1 aromatic rings. The van der Waals surface area contributed by atoms with Gasteiger partial charge >= 0.3 is 0 Å². The minimum absolute atomic E-state index is 0.0389. The van der Waals surface area contributed by atoms with Gasteiger partial charge in [-0.25, -0.2) is 4.39 Å².